The number of halogens is 1. The number of fused-ring (bicyclic) bond motifs is 1. The topological polar surface area (TPSA) is 38.9 Å². The molecule has 0 N–H and O–H groups in total. The van der Waals surface area contributed by atoms with Gasteiger partial charge in [-0.2, -0.15) is 8.75 Å². The van der Waals surface area contributed by atoms with E-state index in [1.807, 2.05) is 31.2 Å². The molecule has 16 heavy (non-hydrogen) atoms. The number of rotatable bonds is 1. The molecule has 0 amide bonds. The van der Waals surface area contributed by atoms with E-state index in [4.69, 9.17) is 16.0 Å². The quantitative estimate of drug-likeness (QED) is 0.657. The van der Waals surface area contributed by atoms with E-state index in [9.17, 15) is 0 Å². The van der Waals surface area contributed by atoms with Crippen LogP contribution in [0.5, 0.6) is 0 Å². The molecule has 3 nitrogen and oxygen atoms in total. The number of benzene rings is 1. The van der Waals surface area contributed by atoms with Crippen LogP contribution in [0, 0.1) is 6.92 Å². The third kappa shape index (κ3) is 1.42. The molecule has 0 aliphatic heterocycles. The van der Waals surface area contributed by atoms with Crippen molar-refractivity contribution in [1.82, 2.24) is 8.75 Å². The van der Waals surface area contributed by atoms with E-state index >= 15 is 0 Å². The van der Waals surface area contributed by atoms with Gasteiger partial charge in [0.25, 0.3) is 0 Å². The van der Waals surface area contributed by atoms with Crippen LogP contribution in [0.25, 0.3) is 22.4 Å². The van der Waals surface area contributed by atoms with E-state index in [1.54, 1.807) is 0 Å². The molecule has 0 fully saturated rings. The summed E-state index contributed by atoms with van der Waals surface area (Å²) in [5.74, 6) is 0.669. The zero-order chi connectivity index (χ0) is 11.1. The van der Waals surface area contributed by atoms with Crippen LogP contribution in [0.4, 0.5) is 0 Å². The predicted octanol–water partition coefficient (Wildman–Crippen LogP) is 3.91. The van der Waals surface area contributed by atoms with Crippen molar-refractivity contribution in [3.05, 3.63) is 35.0 Å². The third-order valence-corrected chi connectivity index (χ3v) is 3.32. The summed E-state index contributed by atoms with van der Waals surface area (Å²) in [5.41, 5.74) is 2.59. The van der Waals surface area contributed by atoms with Crippen molar-refractivity contribution in [3.63, 3.8) is 0 Å². The summed E-state index contributed by atoms with van der Waals surface area (Å²) in [5, 5.41) is 1.45. The van der Waals surface area contributed by atoms with Gasteiger partial charge in [-0.3, -0.25) is 0 Å². The Balaban J connectivity index is 2.27. The lowest BCUT2D eigenvalue weighted by Gasteiger charge is -1.92. The predicted molar refractivity (Wildman–Crippen MR) is 64.9 cm³/mol. The molecule has 2 heterocycles. The number of aryl methyl sites for hydroxylation is 1. The standard InChI is InChI=1S/C11H7ClN2OS/c1-6-3-2-4-7-5-8(15-10(6)7)9-11(12)14-16-13-9/h2-5H,1H3. The molecule has 0 radical (unpaired) electrons. The molecular formula is C11H7ClN2OS. The Morgan fingerprint density at radius 1 is 1.31 bits per heavy atom. The van der Waals surface area contributed by atoms with Gasteiger partial charge in [0.05, 0.1) is 11.7 Å². The van der Waals surface area contributed by atoms with E-state index in [0.717, 1.165) is 28.3 Å². The van der Waals surface area contributed by atoms with Gasteiger partial charge in [-0.25, -0.2) is 0 Å². The molecule has 0 saturated heterocycles. The third-order valence-electron chi connectivity index (χ3n) is 2.42. The number of hydrogen-bond donors (Lipinski definition) is 0. The highest BCUT2D eigenvalue weighted by molar-refractivity contribution is 6.99. The smallest absolute Gasteiger partial charge is 0.174 e. The van der Waals surface area contributed by atoms with Gasteiger partial charge in [0.1, 0.15) is 5.58 Å². The fraction of sp³-hybridized carbons (Fsp3) is 0.0909. The minimum absolute atomic E-state index is 0.390. The maximum Gasteiger partial charge on any atom is 0.174 e. The van der Waals surface area contributed by atoms with Crippen LogP contribution >= 0.6 is 23.3 Å². The largest absolute Gasteiger partial charge is 0.454 e. The fourth-order valence-electron chi connectivity index (χ4n) is 1.65. The zero-order valence-corrected chi connectivity index (χ0v) is 9.97. The Kier molecular flexibility index (Phi) is 2.19. The van der Waals surface area contributed by atoms with E-state index in [-0.39, 0.29) is 0 Å². The highest BCUT2D eigenvalue weighted by atomic mass is 35.5. The van der Waals surface area contributed by atoms with Crippen molar-refractivity contribution >= 4 is 34.3 Å². The second-order valence-corrected chi connectivity index (χ2v) is 4.39. The molecule has 0 bridgehead atoms. The summed E-state index contributed by atoms with van der Waals surface area (Å²) < 4.78 is 13.8. The Morgan fingerprint density at radius 2 is 2.19 bits per heavy atom. The van der Waals surface area contributed by atoms with Gasteiger partial charge in [-0.05, 0) is 18.6 Å². The van der Waals surface area contributed by atoms with Crippen LogP contribution in [0.1, 0.15) is 5.56 Å². The molecule has 0 aliphatic rings. The van der Waals surface area contributed by atoms with Gasteiger partial charge in [0.2, 0.25) is 0 Å². The number of furan rings is 1. The molecule has 0 atom stereocenters. The molecule has 0 unspecified atom stereocenters. The lowest BCUT2D eigenvalue weighted by atomic mass is 10.2. The second-order valence-electron chi connectivity index (χ2n) is 3.51. The monoisotopic (exact) mass is 250 g/mol. The van der Waals surface area contributed by atoms with Crippen LogP contribution in [-0.4, -0.2) is 8.75 Å². The first-order valence-electron chi connectivity index (χ1n) is 4.73. The summed E-state index contributed by atoms with van der Waals surface area (Å²) in [4.78, 5) is 0. The molecule has 0 spiro atoms. The van der Waals surface area contributed by atoms with Crippen molar-refractivity contribution in [2.45, 2.75) is 6.92 Å². The number of para-hydroxylation sites is 1. The second kappa shape index (κ2) is 3.57. The van der Waals surface area contributed by atoms with Crippen molar-refractivity contribution < 1.29 is 4.42 Å². The normalized spacial score (nSPS) is 11.1. The van der Waals surface area contributed by atoms with Gasteiger partial charge in [-0.1, -0.05) is 29.8 Å². The average molecular weight is 251 g/mol. The maximum atomic E-state index is 5.92. The summed E-state index contributed by atoms with van der Waals surface area (Å²) in [6, 6.07) is 7.95. The molecule has 3 aromatic rings. The van der Waals surface area contributed by atoms with Crippen molar-refractivity contribution in [2.75, 3.05) is 0 Å². The van der Waals surface area contributed by atoms with E-state index in [0.29, 0.717) is 16.6 Å². The van der Waals surface area contributed by atoms with Gasteiger partial charge < -0.3 is 4.42 Å². The zero-order valence-electron chi connectivity index (χ0n) is 8.40. The minimum Gasteiger partial charge on any atom is -0.454 e. The fourth-order valence-corrected chi connectivity index (χ4v) is 2.39. The molecule has 80 valence electrons. The molecule has 5 heteroatoms. The summed E-state index contributed by atoms with van der Waals surface area (Å²) in [6.45, 7) is 2.01. The first-order valence-corrected chi connectivity index (χ1v) is 5.84. The first-order chi connectivity index (χ1) is 7.75. The van der Waals surface area contributed by atoms with Crippen molar-refractivity contribution in [1.29, 1.82) is 0 Å². The highest BCUT2D eigenvalue weighted by Crippen LogP contribution is 2.32. The maximum absolute atomic E-state index is 5.92. The van der Waals surface area contributed by atoms with Gasteiger partial charge in [-0.15, -0.1) is 0 Å². The van der Waals surface area contributed by atoms with Crippen LogP contribution in [0.15, 0.2) is 28.7 Å². The summed E-state index contributed by atoms with van der Waals surface area (Å²) in [7, 11) is 0. The Morgan fingerprint density at radius 3 is 2.88 bits per heavy atom. The van der Waals surface area contributed by atoms with Crippen molar-refractivity contribution in [2.24, 2.45) is 0 Å². The number of aromatic nitrogens is 2. The Labute approximate surface area is 101 Å². The molecule has 0 saturated carbocycles. The average Bonchev–Trinajstić information content (AvgIpc) is 2.84. The SMILES string of the molecule is Cc1cccc2cc(-c3nsnc3Cl)oc12. The van der Waals surface area contributed by atoms with Gasteiger partial charge in [0.15, 0.2) is 16.6 Å². The molecule has 2 aromatic heterocycles. The number of hydrogen-bond acceptors (Lipinski definition) is 4. The summed E-state index contributed by atoms with van der Waals surface area (Å²) >= 11 is 7.00. The summed E-state index contributed by atoms with van der Waals surface area (Å²) in [6.07, 6.45) is 0. The van der Waals surface area contributed by atoms with E-state index < -0.39 is 0 Å². The Hall–Kier alpha value is -1.39. The van der Waals surface area contributed by atoms with Crippen LogP contribution in [0.2, 0.25) is 5.15 Å². The van der Waals surface area contributed by atoms with E-state index in [2.05, 4.69) is 8.75 Å². The first kappa shape index (κ1) is 9.81. The van der Waals surface area contributed by atoms with Gasteiger partial charge in [0, 0.05) is 5.39 Å². The lowest BCUT2D eigenvalue weighted by Crippen LogP contribution is -1.72. The molecule has 0 aliphatic carbocycles. The molecule has 1 aromatic carbocycles. The molecule has 3 rings (SSSR count). The highest BCUT2D eigenvalue weighted by Gasteiger charge is 2.14. The van der Waals surface area contributed by atoms with Gasteiger partial charge >= 0.3 is 0 Å². The minimum atomic E-state index is 0.390. The van der Waals surface area contributed by atoms with Crippen LogP contribution in [-0.2, 0) is 0 Å². The lowest BCUT2D eigenvalue weighted by molar-refractivity contribution is 0.627. The number of nitrogens with zero attached hydrogens (tertiary/aromatic N) is 2. The van der Waals surface area contributed by atoms with E-state index in [1.165, 1.54) is 0 Å². The molecular weight excluding hydrogens is 244 g/mol. The van der Waals surface area contributed by atoms with Crippen molar-refractivity contribution in [3.8, 4) is 11.5 Å². The van der Waals surface area contributed by atoms with Crippen LogP contribution in [0.3, 0.4) is 0 Å². The van der Waals surface area contributed by atoms with Crippen LogP contribution < -0.4 is 0 Å². The Bertz CT molecular complexity index is 659.